The Balaban J connectivity index is 2.32. The van der Waals surface area contributed by atoms with Crippen LogP contribution in [-0.4, -0.2) is 29.0 Å². The van der Waals surface area contributed by atoms with E-state index in [-0.39, 0.29) is 0 Å². The van der Waals surface area contributed by atoms with Crippen LogP contribution in [0.25, 0.3) is 0 Å². The van der Waals surface area contributed by atoms with Gasteiger partial charge in [0.15, 0.2) is 0 Å². The molecule has 102 valence electrons. The summed E-state index contributed by atoms with van der Waals surface area (Å²) in [6, 6.07) is 1.72. The molecular weight excluding hydrogens is 269 g/mol. The molecule has 1 atom stereocenters. The van der Waals surface area contributed by atoms with Crippen LogP contribution < -0.4 is 5.32 Å². The second-order valence-corrected chi connectivity index (χ2v) is 5.04. The highest BCUT2D eigenvalue weighted by Gasteiger charge is 2.28. The molecule has 1 amide bonds. The topological polar surface area (TPSA) is 55.1 Å². The Hall–Kier alpha value is -1.18. The fourth-order valence-electron chi connectivity index (χ4n) is 1.10. The summed E-state index contributed by atoms with van der Waals surface area (Å²) in [4.78, 5) is 11.3. The van der Waals surface area contributed by atoms with Crippen molar-refractivity contribution in [1.29, 1.82) is 0 Å². The summed E-state index contributed by atoms with van der Waals surface area (Å²) in [6.45, 7) is 1.98. The van der Waals surface area contributed by atoms with E-state index in [1.54, 1.807) is 19.9 Å². The molecule has 0 bridgehead atoms. The van der Waals surface area contributed by atoms with Crippen LogP contribution in [0.15, 0.2) is 10.6 Å². The number of carbonyl (C=O) groups is 1. The predicted octanol–water partition coefficient (Wildman–Crippen LogP) is 2.28. The van der Waals surface area contributed by atoms with Crippen molar-refractivity contribution in [2.45, 2.75) is 31.0 Å². The molecule has 0 aliphatic rings. The summed E-state index contributed by atoms with van der Waals surface area (Å²) in [6.07, 6.45) is -4.39. The van der Waals surface area contributed by atoms with E-state index in [0.29, 0.717) is 17.2 Å². The van der Waals surface area contributed by atoms with E-state index in [2.05, 4.69) is 5.16 Å². The van der Waals surface area contributed by atoms with Gasteiger partial charge in [0.2, 0.25) is 5.91 Å². The lowest BCUT2D eigenvalue weighted by atomic mass is 10.4. The van der Waals surface area contributed by atoms with Crippen molar-refractivity contribution in [2.75, 3.05) is 6.54 Å². The summed E-state index contributed by atoms with van der Waals surface area (Å²) >= 11 is 1.20. The van der Waals surface area contributed by atoms with Crippen LogP contribution in [0, 0.1) is 6.92 Å². The third-order valence-corrected chi connectivity index (χ3v) is 3.17. The zero-order valence-electron chi connectivity index (χ0n) is 9.87. The molecule has 8 heteroatoms. The van der Waals surface area contributed by atoms with Crippen LogP contribution in [0.2, 0.25) is 0 Å². The molecule has 0 aromatic carbocycles. The molecule has 1 N–H and O–H groups in total. The average molecular weight is 282 g/mol. The standard InChI is InChI=1S/C10H13F3N2O2S/c1-6-3-8(15-17-6)4-18-7(2)9(16)14-5-10(11,12)13/h3,7H,4-5H2,1-2H3,(H,14,16)/t7-/m1/s1. The first-order valence-corrected chi connectivity index (χ1v) is 6.21. The van der Waals surface area contributed by atoms with Crippen molar-refractivity contribution in [1.82, 2.24) is 10.5 Å². The summed E-state index contributed by atoms with van der Waals surface area (Å²) in [5.41, 5.74) is 0.660. The van der Waals surface area contributed by atoms with Gasteiger partial charge in [0.1, 0.15) is 12.3 Å². The minimum absolute atomic E-state index is 0.415. The van der Waals surface area contributed by atoms with Gasteiger partial charge in [-0.2, -0.15) is 13.2 Å². The Morgan fingerprint density at radius 2 is 2.28 bits per heavy atom. The van der Waals surface area contributed by atoms with Crippen molar-refractivity contribution < 1.29 is 22.5 Å². The normalized spacial score (nSPS) is 13.4. The maximum absolute atomic E-state index is 11.9. The van der Waals surface area contributed by atoms with Crippen LogP contribution in [0.1, 0.15) is 18.4 Å². The smallest absolute Gasteiger partial charge is 0.361 e. The number of rotatable bonds is 5. The van der Waals surface area contributed by atoms with Gasteiger partial charge in [-0.3, -0.25) is 4.79 Å². The zero-order chi connectivity index (χ0) is 13.8. The van der Waals surface area contributed by atoms with E-state index in [0.717, 1.165) is 0 Å². The highest BCUT2D eigenvalue weighted by molar-refractivity contribution is 7.99. The summed E-state index contributed by atoms with van der Waals surface area (Å²) in [5.74, 6) is 0.426. The van der Waals surface area contributed by atoms with Crippen LogP contribution in [0.5, 0.6) is 0 Å². The van der Waals surface area contributed by atoms with Gasteiger partial charge in [-0.05, 0) is 13.8 Å². The first kappa shape index (κ1) is 14.9. The summed E-state index contributed by atoms with van der Waals surface area (Å²) < 4.78 is 40.5. The highest BCUT2D eigenvalue weighted by atomic mass is 32.2. The Bertz CT molecular complexity index is 406. The average Bonchev–Trinajstić information content (AvgIpc) is 2.67. The SMILES string of the molecule is Cc1cc(CS[C@H](C)C(=O)NCC(F)(F)F)no1. The second-order valence-electron chi connectivity index (χ2n) is 3.72. The molecule has 1 heterocycles. The van der Waals surface area contributed by atoms with Gasteiger partial charge in [0, 0.05) is 11.8 Å². The van der Waals surface area contributed by atoms with E-state index >= 15 is 0 Å². The summed E-state index contributed by atoms with van der Waals surface area (Å²) in [5, 5.41) is 4.98. The molecule has 18 heavy (non-hydrogen) atoms. The van der Waals surface area contributed by atoms with Crippen molar-refractivity contribution in [2.24, 2.45) is 0 Å². The highest BCUT2D eigenvalue weighted by Crippen LogP contribution is 2.18. The molecule has 1 aromatic heterocycles. The Morgan fingerprint density at radius 1 is 1.61 bits per heavy atom. The fraction of sp³-hybridized carbons (Fsp3) is 0.600. The number of carbonyl (C=O) groups excluding carboxylic acids is 1. The van der Waals surface area contributed by atoms with E-state index in [1.807, 2.05) is 5.32 Å². The minimum Gasteiger partial charge on any atom is -0.361 e. The number of amides is 1. The van der Waals surface area contributed by atoms with Gasteiger partial charge in [-0.15, -0.1) is 11.8 Å². The number of hydrogen-bond donors (Lipinski definition) is 1. The summed E-state index contributed by atoms with van der Waals surface area (Å²) in [7, 11) is 0. The van der Waals surface area contributed by atoms with Gasteiger partial charge in [-0.25, -0.2) is 0 Å². The second kappa shape index (κ2) is 6.12. The predicted molar refractivity (Wildman–Crippen MR) is 61.1 cm³/mol. The lowest BCUT2D eigenvalue weighted by Gasteiger charge is -2.12. The molecule has 0 aliphatic heterocycles. The molecule has 0 aliphatic carbocycles. The zero-order valence-corrected chi connectivity index (χ0v) is 10.7. The Kier molecular flexibility index (Phi) is 5.06. The van der Waals surface area contributed by atoms with Crippen molar-refractivity contribution in [3.8, 4) is 0 Å². The number of nitrogens with zero attached hydrogens (tertiary/aromatic N) is 1. The lowest BCUT2D eigenvalue weighted by Crippen LogP contribution is -2.38. The van der Waals surface area contributed by atoms with E-state index < -0.39 is 23.9 Å². The maximum Gasteiger partial charge on any atom is 0.405 e. The molecule has 4 nitrogen and oxygen atoms in total. The minimum atomic E-state index is -4.39. The van der Waals surface area contributed by atoms with Crippen LogP contribution in [0.3, 0.4) is 0 Å². The molecular formula is C10H13F3N2O2S. The van der Waals surface area contributed by atoms with Crippen molar-refractivity contribution in [3.05, 3.63) is 17.5 Å². The largest absolute Gasteiger partial charge is 0.405 e. The Morgan fingerprint density at radius 3 is 2.78 bits per heavy atom. The fourth-order valence-corrected chi connectivity index (χ4v) is 1.89. The Labute approximate surface area is 106 Å². The number of aryl methyl sites for hydroxylation is 1. The van der Waals surface area contributed by atoms with Gasteiger partial charge in [-0.1, -0.05) is 5.16 Å². The van der Waals surface area contributed by atoms with Crippen molar-refractivity contribution >= 4 is 17.7 Å². The van der Waals surface area contributed by atoms with Gasteiger partial charge in [0.05, 0.1) is 10.9 Å². The number of halogens is 3. The van der Waals surface area contributed by atoms with E-state index in [4.69, 9.17) is 4.52 Å². The monoisotopic (exact) mass is 282 g/mol. The molecule has 1 aromatic rings. The van der Waals surface area contributed by atoms with E-state index in [9.17, 15) is 18.0 Å². The number of thioether (sulfide) groups is 1. The first-order valence-electron chi connectivity index (χ1n) is 5.16. The molecule has 0 unspecified atom stereocenters. The van der Waals surface area contributed by atoms with Crippen LogP contribution in [-0.2, 0) is 10.5 Å². The quantitative estimate of drug-likeness (QED) is 0.900. The van der Waals surface area contributed by atoms with Gasteiger partial charge >= 0.3 is 6.18 Å². The molecule has 1 rings (SSSR count). The molecule has 0 radical (unpaired) electrons. The molecule has 0 saturated carbocycles. The molecule has 0 fully saturated rings. The number of hydrogen-bond acceptors (Lipinski definition) is 4. The number of aromatic nitrogens is 1. The first-order chi connectivity index (χ1) is 8.28. The number of nitrogens with one attached hydrogen (secondary N) is 1. The van der Waals surface area contributed by atoms with Crippen molar-refractivity contribution in [3.63, 3.8) is 0 Å². The maximum atomic E-state index is 11.9. The lowest BCUT2D eigenvalue weighted by molar-refractivity contribution is -0.137. The molecule has 0 saturated heterocycles. The van der Waals surface area contributed by atoms with Crippen LogP contribution >= 0.6 is 11.8 Å². The van der Waals surface area contributed by atoms with E-state index in [1.165, 1.54) is 11.8 Å². The van der Waals surface area contributed by atoms with Gasteiger partial charge < -0.3 is 9.84 Å². The molecule has 0 spiro atoms. The number of alkyl halides is 3. The van der Waals surface area contributed by atoms with Crippen LogP contribution in [0.4, 0.5) is 13.2 Å². The third-order valence-electron chi connectivity index (χ3n) is 1.99. The van der Waals surface area contributed by atoms with Gasteiger partial charge in [0.25, 0.3) is 0 Å². The third kappa shape index (κ3) is 5.44.